The zero-order chi connectivity index (χ0) is 15.8. The number of unbranched alkanes of at least 4 members (excludes halogenated alkanes) is 1. The summed E-state index contributed by atoms with van der Waals surface area (Å²) >= 11 is 3.44. The van der Waals surface area contributed by atoms with Crippen LogP contribution in [0, 0.1) is 0 Å². The van der Waals surface area contributed by atoms with Crippen LogP contribution < -0.4 is 0 Å². The minimum absolute atomic E-state index is 0.113. The van der Waals surface area contributed by atoms with Crippen molar-refractivity contribution in [1.82, 2.24) is 4.90 Å². The van der Waals surface area contributed by atoms with E-state index in [1.165, 1.54) is 0 Å². The summed E-state index contributed by atoms with van der Waals surface area (Å²) in [4.78, 5) is 14.1. The maximum Gasteiger partial charge on any atom is 0.320 e. The van der Waals surface area contributed by atoms with E-state index in [4.69, 9.17) is 4.74 Å². The highest BCUT2D eigenvalue weighted by atomic mass is 79.9. The average Bonchev–Trinajstić information content (AvgIpc) is 2.49. The van der Waals surface area contributed by atoms with E-state index >= 15 is 0 Å². The Labute approximate surface area is 136 Å². The third-order valence-corrected chi connectivity index (χ3v) is 4.52. The first-order valence-corrected chi connectivity index (χ1v) is 8.44. The lowest BCUT2D eigenvalue weighted by molar-refractivity contribution is -0.151. The van der Waals surface area contributed by atoms with Crippen LogP contribution in [0.15, 0.2) is 30.3 Å². The predicted octanol–water partition coefficient (Wildman–Crippen LogP) is 4.17. The number of hydrogen-bond donors (Lipinski definition) is 0. The molecule has 1 aromatic carbocycles. The number of ether oxygens (including phenoxy) is 1. The van der Waals surface area contributed by atoms with Crippen LogP contribution in [0.5, 0.6) is 0 Å². The van der Waals surface area contributed by atoms with E-state index in [0.717, 1.165) is 24.8 Å². The van der Waals surface area contributed by atoms with Crippen molar-refractivity contribution in [3.63, 3.8) is 0 Å². The predicted molar refractivity (Wildman–Crippen MR) is 90.7 cm³/mol. The summed E-state index contributed by atoms with van der Waals surface area (Å²) in [6.45, 7) is 4.19. The lowest BCUT2D eigenvalue weighted by Gasteiger charge is -2.30. The van der Waals surface area contributed by atoms with Gasteiger partial charge in [0.15, 0.2) is 0 Å². The summed E-state index contributed by atoms with van der Waals surface area (Å²) in [5.41, 5.74) is 1.03. The van der Waals surface area contributed by atoms with E-state index < -0.39 is 0 Å². The molecule has 118 valence electrons. The van der Waals surface area contributed by atoms with Crippen LogP contribution in [0.1, 0.15) is 44.8 Å². The van der Waals surface area contributed by atoms with Gasteiger partial charge in [-0.15, -0.1) is 0 Å². The smallest absolute Gasteiger partial charge is 0.320 e. The minimum atomic E-state index is -0.254. The molecule has 0 saturated carbocycles. The molecule has 0 aromatic heterocycles. The molecule has 21 heavy (non-hydrogen) atoms. The molecule has 0 amide bonds. The molecule has 0 aliphatic heterocycles. The number of alkyl halides is 1. The highest BCUT2D eigenvalue weighted by molar-refractivity contribution is 9.10. The molecule has 3 atom stereocenters. The fourth-order valence-electron chi connectivity index (χ4n) is 2.06. The number of rotatable bonds is 8. The Morgan fingerprint density at radius 3 is 2.43 bits per heavy atom. The van der Waals surface area contributed by atoms with E-state index in [1.54, 1.807) is 0 Å². The second-order valence-corrected chi connectivity index (χ2v) is 6.69. The molecular formula is C17H26BrNO2. The zero-order valence-electron chi connectivity index (χ0n) is 13.4. The van der Waals surface area contributed by atoms with Crippen molar-refractivity contribution >= 4 is 21.9 Å². The van der Waals surface area contributed by atoms with Gasteiger partial charge in [-0.3, -0.25) is 4.79 Å². The molecule has 0 bridgehead atoms. The van der Waals surface area contributed by atoms with Crippen molar-refractivity contribution < 1.29 is 9.53 Å². The van der Waals surface area contributed by atoms with E-state index in [9.17, 15) is 4.79 Å². The zero-order valence-corrected chi connectivity index (χ0v) is 15.0. The van der Waals surface area contributed by atoms with Gasteiger partial charge in [-0.05, 0) is 33.0 Å². The maximum atomic E-state index is 12.3. The van der Waals surface area contributed by atoms with E-state index in [0.29, 0.717) is 0 Å². The summed E-state index contributed by atoms with van der Waals surface area (Å²) in [5.74, 6) is -0.175. The van der Waals surface area contributed by atoms with E-state index in [1.807, 2.05) is 44.4 Å². The van der Waals surface area contributed by atoms with Crippen molar-refractivity contribution in [2.45, 2.75) is 50.1 Å². The molecule has 0 fully saturated rings. The standard InChI is InChI=1S/C17H26BrNO2/c1-5-6-12-15(18)17(20)21-16(13(2)19(3)4)14-10-8-7-9-11-14/h7-11,13,15-16H,5-6,12H2,1-4H3/t13-,15?,16+/m0/s1. The normalized spacial score (nSPS) is 15.5. The van der Waals surface area contributed by atoms with Crippen molar-refractivity contribution in [3.8, 4) is 0 Å². The first-order chi connectivity index (χ1) is 9.97. The Morgan fingerprint density at radius 1 is 1.29 bits per heavy atom. The summed E-state index contributed by atoms with van der Waals surface area (Å²) in [7, 11) is 3.99. The summed E-state index contributed by atoms with van der Waals surface area (Å²) < 4.78 is 5.79. The van der Waals surface area contributed by atoms with E-state index in [2.05, 4.69) is 34.7 Å². The molecule has 0 spiro atoms. The lowest BCUT2D eigenvalue weighted by Crippen LogP contribution is -2.35. The Hall–Kier alpha value is -0.870. The van der Waals surface area contributed by atoms with Crippen LogP contribution >= 0.6 is 15.9 Å². The van der Waals surface area contributed by atoms with Crippen molar-refractivity contribution in [2.24, 2.45) is 0 Å². The molecular weight excluding hydrogens is 330 g/mol. The monoisotopic (exact) mass is 355 g/mol. The van der Waals surface area contributed by atoms with Gasteiger partial charge in [0.25, 0.3) is 0 Å². The highest BCUT2D eigenvalue weighted by Gasteiger charge is 2.27. The molecule has 1 rings (SSSR count). The molecule has 0 N–H and O–H groups in total. The minimum Gasteiger partial charge on any atom is -0.455 e. The molecule has 3 nitrogen and oxygen atoms in total. The van der Waals surface area contributed by atoms with Gasteiger partial charge in [0.05, 0.1) is 0 Å². The number of carbonyl (C=O) groups excluding carboxylic acids is 1. The fraction of sp³-hybridized carbons (Fsp3) is 0.588. The highest BCUT2D eigenvalue weighted by Crippen LogP contribution is 2.26. The number of carbonyl (C=O) groups is 1. The second kappa shape index (κ2) is 9.21. The maximum absolute atomic E-state index is 12.3. The van der Waals surface area contributed by atoms with Crippen LogP contribution in [0.2, 0.25) is 0 Å². The van der Waals surface area contributed by atoms with Gasteiger partial charge < -0.3 is 9.64 Å². The van der Waals surface area contributed by atoms with Crippen molar-refractivity contribution in [2.75, 3.05) is 14.1 Å². The van der Waals surface area contributed by atoms with Gasteiger partial charge in [-0.2, -0.15) is 0 Å². The molecule has 1 aromatic rings. The Morgan fingerprint density at radius 2 is 1.90 bits per heavy atom. The first kappa shape index (κ1) is 18.2. The molecule has 0 radical (unpaired) electrons. The van der Waals surface area contributed by atoms with Crippen LogP contribution in [-0.2, 0) is 9.53 Å². The number of nitrogens with zero attached hydrogens (tertiary/aromatic N) is 1. The van der Waals surface area contributed by atoms with E-state index in [-0.39, 0.29) is 22.9 Å². The third-order valence-electron chi connectivity index (χ3n) is 3.69. The summed E-state index contributed by atoms with van der Waals surface area (Å²) in [6.07, 6.45) is 2.65. The largest absolute Gasteiger partial charge is 0.455 e. The van der Waals surface area contributed by atoms with Gasteiger partial charge in [-0.1, -0.05) is 66.0 Å². The molecule has 0 aliphatic carbocycles. The Kier molecular flexibility index (Phi) is 7.97. The molecule has 0 heterocycles. The van der Waals surface area contributed by atoms with Crippen molar-refractivity contribution in [1.29, 1.82) is 0 Å². The van der Waals surface area contributed by atoms with Crippen molar-refractivity contribution in [3.05, 3.63) is 35.9 Å². The Bertz CT molecular complexity index is 422. The molecule has 0 aliphatic rings. The van der Waals surface area contributed by atoms with Crippen LogP contribution in [0.4, 0.5) is 0 Å². The van der Waals surface area contributed by atoms with Gasteiger partial charge in [0, 0.05) is 6.04 Å². The number of likely N-dealkylation sites (N-methyl/N-ethyl adjacent to an activating group) is 1. The summed E-state index contributed by atoms with van der Waals surface area (Å²) in [5, 5.41) is 0. The van der Waals surface area contributed by atoms with Gasteiger partial charge in [0.2, 0.25) is 0 Å². The second-order valence-electron chi connectivity index (χ2n) is 5.58. The topological polar surface area (TPSA) is 29.5 Å². The van der Waals surface area contributed by atoms with Crippen LogP contribution in [0.25, 0.3) is 0 Å². The number of hydrogen-bond acceptors (Lipinski definition) is 3. The van der Waals surface area contributed by atoms with Gasteiger partial charge >= 0.3 is 5.97 Å². The molecule has 0 saturated heterocycles. The van der Waals surface area contributed by atoms with Gasteiger partial charge in [-0.25, -0.2) is 0 Å². The molecule has 4 heteroatoms. The Balaban J connectivity index is 2.81. The number of halogens is 1. The molecule has 1 unspecified atom stereocenters. The lowest BCUT2D eigenvalue weighted by atomic mass is 10.0. The first-order valence-electron chi connectivity index (χ1n) is 7.53. The van der Waals surface area contributed by atoms with Crippen LogP contribution in [-0.4, -0.2) is 35.8 Å². The number of esters is 1. The van der Waals surface area contributed by atoms with Gasteiger partial charge in [0.1, 0.15) is 10.9 Å². The fourth-order valence-corrected chi connectivity index (χ4v) is 2.49. The quantitative estimate of drug-likeness (QED) is 0.517. The number of benzene rings is 1. The summed E-state index contributed by atoms with van der Waals surface area (Å²) in [6, 6.07) is 10.0. The SMILES string of the molecule is CCCCC(Br)C(=O)O[C@@H](c1ccccc1)[C@H](C)N(C)C. The third kappa shape index (κ3) is 5.79. The van der Waals surface area contributed by atoms with Crippen LogP contribution in [0.3, 0.4) is 0 Å². The average molecular weight is 356 g/mol.